The minimum absolute atomic E-state index is 0.0971. The Balaban J connectivity index is 2.19. The zero-order valence-electron chi connectivity index (χ0n) is 6.88. The third kappa shape index (κ3) is 3.04. The summed E-state index contributed by atoms with van der Waals surface area (Å²) in [4.78, 5) is 0. The van der Waals surface area contributed by atoms with Crippen molar-refractivity contribution in [1.29, 1.82) is 0 Å². The van der Waals surface area contributed by atoms with Crippen LogP contribution < -0.4 is 0 Å². The summed E-state index contributed by atoms with van der Waals surface area (Å²) in [5, 5.41) is 8.71. The van der Waals surface area contributed by atoms with Crippen molar-refractivity contribution in [2.24, 2.45) is 0 Å². The van der Waals surface area contributed by atoms with E-state index in [2.05, 4.69) is 6.58 Å². The molecule has 1 atom stereocenters. The summed E-state index contributed by atoms with van der Waals surface area (Å²) in [6, 6.07) is 0. The average molecular weight is 156 g/mol. The molecule has 0 aliphatic carbocycles. The summed E-state index contributed by atoms with van der Waals surface area (Å²) in [6.07, 6.45) is 4.71. The topological polar surface area (TPSA) is 29.5 Å². The molecule has 1 heterocycles. The quantitative estimate of drug-likeness (QED) is 0.627. The van der Waals surface area contributed by atoms with Crippen LogP contribution in [0, 0.1) is 0 Å². The highest BCUT2D eigenvalue weighted by atomic mass is 16.5. The molecule has 0 aromatic rings. The van der Waals surface area contributed by atoms with Gasteiger partial charge in [-0.15, -0.1) is 0 Å². The van der Waals surface area contributed by atoms with E-state index in [4.69, 9.17) is 9.84 Å². The zero-order valence-corrected chi connectivity index (χ0v) is 6.88. The van der Waals surface area contributed by atoms with Crippen molar-refractivity contribution < 1.29 is 9.84 Å². The van der Waals surface area contributed by atoms with Crippen LogP contribution >= 0.6 is 0 Å². The van der Waals surface area contributed by atoms with Crippen molar-refractivity contribution in [1.82, 2.24) is 0 Å². The predicted molar refractivity (Wildman–Crippen MR) is 44.4 cm³/mol. The summed E-state index contributed by atoms with van der Waals surface area (Å²) in [6.45, 7) is 4.71. The fourth-order valence-electron chi connectivity index (χ4n) is 1.35. The van der Waals surface area contributed by atoms with Gasteiger partial charge in [-0.3, -0.25) is 0 Å². The molecule has 1 fully saturated rings. The Bertz CT molecular complexity index is 126. The molecule has 1 saturated heterocycles. The van der Waals surface area contributed by atoms with Gasteiger partial charge in [0.15, 0.2) is 0 Å². The maximum atomic E-state index is 8.71. The molecule has 2 nitrogen and oxygen atoms in total. The van der Waals surface area contributed by atoms with E-state index in [1.54, 1.807) is 0 Å². The van der Waals surface area contributed by atoms with E-state index in [9.17, 15) is 0 Å². The second kappa shape index (κ2) is 4.52. The van der Waals surface area contributed by atoms with Crippen LogP contribution in [0.1, 0.15) is 25.7 Å². The van der Waals surface area contributed by atoms with E-state index in [1.165, 1.54) is 12.8 Å². The molecule has 0 amide bonds. The molecule has 11 heavy (non-hydrogen) atoms. The van der Waals surface area contributed by atoms with Gasteiger partial charge in [0.2, 0.25) is 0 Å². The van der Waals surface area contributed by atoms with Gasteiger partial charge in [0, 0.05) is 6.61 Å². The molecule has 1 rings (SSSR count). The van der Waals surface area contributed by atoms with Crippen molar-refractivity contribution in [3.63, 3.8) is 0 Å². The highest BCUT2D eigenvalue weighted by Crippen LogP contribution is 2.18. The Morgan fingerprint density at radius 2 is 2.36 bits per heavy atom. The third-order valence-electron chi connectivity index (χ3n) is 2.01. The van der Waals surface area contributed by atoms with E-state index in [-0.39, 0.29) is 6.61 Å². The summed E-state index contributed by atoms with van der Waals surface area (Å²) in [5.74, 6) is 0. The van der Waals surface area contributed by atoms with Crippen LogP contribution in [0.4, 0.5) is 0 Å². The van der Waals surface area contributed by atoms with Gasteiger partial charge in [0.1, 0.15) is 0 Å². The largest absolute Gasteiger partial charge is 0.392 e. The summed E-state index contributed by atoms with van der Waals surface area (Å²) >= 11 is 0. The SMILES string of the molecule is C=C(CO)CC1CCCCO1. The molecule has 0 bridgehead atoms. The second-order valence-electron chi connectivity index (χ2n) is 3.10. The van der Waals surface area contributed by atoms with Crippen LogP contribution in [0.15, 0.2) is 12.2 Å². The maximum absolute atomic E-state index is 8.71. The minimum atomic E-state index is 0.0971. The van der Waals surface area contributed by atoms with E-state index in [0.717, 1.165) is 25.0 Å². The van der Waals surface area contributed by atoms with E-state index in [1.807, 2.05) is 0 Å². The van der Waals surface area contributed by atoms with Gasteiger partial charge in [-0.1, -0.05) is 6.58 Å². The lowest BCUT2D eigenvalue weighted by molar-refractivity contribution is 0.0155. The highest BCUT2D eigenvalue weighted by Gasteiger charge is 2.13. The van der Waals surface area contributed by atoms with Crippen molar-refractivity contribution >= 4 is 0 Å². The molecular weight excluding hydrogens is 140 g/mol. The van der Waals surface area contributed by atoms with Crippen molar-refractivity contribution in [3.8, 4) is 0 Å². The normalized spacial score (nSPS) is 25.0. The molecule has 0 radical (unpaired) electrons. The van der Waals surface area contributed by atoms with Gasteiger partial charge in [0.25, 0.3) is 0 Å². The van der Waals surface area contributed by atoms with Crippen LogP contribution in [-0.2, 0) is 4.74 Å². The molecule has 1 aliphatic rings. The zero-order chi connectivity index (χ0) is 8.10. The number of hydrogen-bond acceptors (Lipinski definition) is 2. The van der Waals surface area contributed by atoms with Gasteiger partial charge >= 0.3 is 0 Å². The van der Waals surface area contributed by atoms with Gasteiger partial charge < -0.3 is 9.84 Å². The smallest absolute Gasteiger partial charge is 0.0640 e. The van der Waals surface area contributed by atoms with Crippen LogP contribution in [0.3, 0.4) is 0 Å². The first-order valence-corrected chi connectivity index (χ1v) is 4.22. The van der Waals surface area contributed by atoms with Gasteiger partial charge in [-0.05, 0) is 31.3 Å². The number of ether oxygens (including phenoxy) is 1. The fraction of sp³-hybridized carbons (Fsp3) is 0.778. The second-order valence-corrected chi connectivity index (χ2v) is 3.10. The number of hydrogen-bond donors (Lipinski definition) is 1. The first-order chi connectivity index (χ1) is 5.33. The Morgan fingerprint density at radius 1 is 1.55 bits per heavy atom. The maximum Gasteiger partial charge on any atom is 0.0640 e. The lowest BCUT2D eigenvalue weighted by Crippen LogP contribution is -2.19. The number of aliphatic hydroxyl groups excluding tert-OH is 1. The van der Waals surface area contributed by atoms with Crippen LogP contribution in [0.2, 0.25) is 0 Å². The monoisotopic (exact) mass is 156 g/mol. The summed E-state index contributed by atoms with van der Waals surface area (Å²) in [7, 11) is 0. The Kier molecular flexibility index (Phi) is 3.60. The lowest BCUT2D eigenvalue weighted by atomic mass is 10.0. The van der Waals surface area contributed by atoms with Crippen molar-refractivity contribution in [2.45, 2.75) is 31.8 Å². The molecule has 0 saturated carbocycles. The molecule has 1 aliphatic heterocycles. The molecular formula is C9H16O2. The van der Waals surface area contributed by atoms with E-state index >= 15 is 0 Å². The number of rotatable bonds is 3. The third-order valence-corrected chi connectivity index (χ3v) is 2.01. The molecule has 2 heteroatoms. The first-order valence-electron chi connectivity index (χ1n) is 4.22. The Labute approximate surface area is 67.9 Å². The molecule has 1 unspecified atom stereocenters. The van der Waals surface area contributed by atoms with Crippen LogP contribution in [0.25, 0.3) is 0 Å². The van der Waals surface area contributed by atoms with E-state index in [0.29, 0.717) is 6.10 Å². The number of aliphatic hydroxyl groups is 1. The van der Waals surface area contributed by atoms with Gasteiger partial charge in [-0.25, -0.2) is 0 Å². The molecule has 1 N–H and O–H groups in total. The van der Waals surface area contributed by atoms with Gasteiger partial charge in [-0.2, -0.15) is 0 Å². The molecule has 64 valence electrons. The highest BCUT2D eigenvalue weighted by molar-refractivity contribution is 4.96. The molecule has 0 aromatic carbocycles. The lowest BCUT2D eigenvalue weighted by Gasteiger charge is -2.22. The van der Waals surface area contributed by atoms with Crippen LogP contribution in [0.5, 0.6) is 0 Å². The van der Waals surface area contributed by atoms with E-state index < -0.39 is 0 Å². The molecule has 0 aromatic heterocycles. The Morgan fingerprint density at radius 3 is 2.91 bits per heavy atom. The molecule has 0 spiro atoms. The first kappa shape index (κ1) is 8.75. The average Bonchev–Trinajstić information content (AvgIpc) is 2.06. The minimum Gasteiger partial charge on any atom is -0.392 e. The predicted octanol–water partition coefficient (Wildman–Crippen LogP) is 1.49. The fourth-order valence-corrected chi connectivity index (χ4v) is 1.35. The summed E-state index contributed by atoms with van der Waals surface area (Å²) < 4.78 is 5.48. The summed E-state index contributed by atoms with van der Waals surface area (Å²) in [5.41, 5.74) is 0.886. The van der Waals surface area contributed by atoms with Crippen molar-refractivity contribution in [2.75, 3.05) is 13.2 Å². The van der Waals surface area contributed by atoms with Gasteiger partial charge in [0.05, 0.1) is 12.7 Å². The van der Waals surface area contributed by atoms with Crippen LogP contribution in [-0.4, -0.2) is 24.4 Å². The standard InChI is InChI=1S/C9H16O2/c1-8(7-10)6-9-4-2-3-5-11-9/h9-10H,1-7H2. The Hall–Kier alpha value is -0.340. The van der Waals surface area contributed by atoms with Crippen molar-refractivity contribution in [3.05, 3.63) is 12.2 Å².